The molecule has 1 fully saturated rings. The number of nitrogens with zero attached hydrogens (tertiary/aromatic N) is 3. The summed E-state index contributed by atoms with van der Waals surface area (Å²) in [4.78, 5) is 44.9. The lowest BCUT2D eigenvalue weighted by Gasteiger charge is -2.36. The highest BCUT2D eigenvalue weighted by atomic mass is 19.1. The molecule has 2 aliphatic rings. The van der Waals surface area contributed by atoms with E-state index in [1.165, 1.54) is 29.2 Å². The number of hydrogen-bond acceptors (Lipinski definition) is 5. The second kappa shape index (κ2) is 12.2. The van der Waals surface area contributed by atoms with Crippen LogP contribution in [0.4, 0.5) is 9.18 Å². The van der Waals surface area contributed by atoms with Gasteiger partial charge in [-0.1, -0.05) is 45.0 Å². The Labute approximate surface area is 235 Å². The third-order valence-electron chi connectivity index (χ3n) is 7.52. The molecule has 2 aromatic carbocycles. The van der Waals surface area contributed by atoms with Crippen molar-refractivity contribution in [3.8, 4) is 0 Å². The zero-order chi connectivity index (χ0) is 29.0. The number of urea groups is 1. The number of esters is 1. The standard InChI is InChI=1S/C31H39FN4O4/c1-6-40-29(38)26-25(34(5)30(39)33-27(26)21-8-12-23(13-9-21)31(2,3)4)20-35-16-7-17-36(19-18-35)28(37)22-10-14-24(32)15-11-22/h8-15,27H,6-7,16-20H2,1-5H3,(H,33,39)/t27-/m0/s1. The Morgan fingerprint density at radius 2 is 1.68 bits per heavy atom. The number of ether oxygens (including phenoxy) is 1. The predicted molar refractivity (Wildman–Crippen MR) is 151 cm³/mol. The summed E-state index contributed by atoms with van der Waals surface area (Å²) in [5.41, 5.74) is 3.38. The number of rotatable bonds is 6. The van der Waals surface area contributed by atoms with Gasteiger partial charge in [0.15, 0.2) is 0 Å². The zero-order valence-corrected chi connectivity index (χ0v) is 24.0. The summed E-state index contributed by atoms with van der Waals surface area (Å²) in [6, 6.07) is 12.6. The Hall–Kier alpha value is -3.72. The first-order chi connectivity index (χ1) is 19.0. The van der Waals surface area contributed by atoms with Gasteiger partial charge in [0, 0.05) is 51.0 Å². The first kappa shape index (κ1) is 29.3. The van der Waals surface area contributed by atoms with Crippen LogP contribution < -0.4 is 5.32 Å². The molecule has 8 nitrogen and oxygen atoms in total. The molecule has 2 aromatic rings. The van der Waals surface area contributed by atoms with E-state index in [4.69, 9.17) is 4.74 Å². The van der Waals surface area contributed by atoms with Crippen molar-refractivity contribution in [3.05, 3.63) is 82.3 Å². The second-order valence-corrected chi connectivity index (χ2v) is 11.3. The second-order valence-electron chi connectivity index (χ2n) is 11.3. The lowest BCUT2D eigenvalue weighted by molar-refractivity contribution is -0.139. The number of nitrogens with one attached hydrogen (secondary N) is 1. The van der Waals surface area contributed by atoms with Crippen molar-refractivity contribution >= 4 is 17.9 Å². The van der Waals surface area contributed by atoms with Crippen LogP contribution in [-0.2, 0) is 14.9 Å². The van der Waals surface area contributed by atoms with Crippen LogP contribution in [0.3, 0.4) is 0 Å². The zero-order valence-electron chi connectivity index (χ0n) is 24.0. The maximum atomic E-state index is 13.3. The Kier molecular flexibility index (Phi) is 8.93. The summed E-state index contributed by atoms with van der Waals surface area (Å²) in [6.07, 6.45) is 0.725. The molecule has 0 aromatic heterocycles. The summed E-state index contributed by atoms with van der Waals surface area (Å²) in [6.45, 7) is 11.0. The van der Waals surface area contributed by atoms with Gasteiger partial charge in [-0.2, -0.15) is 0 Å². The highest BCUT2D eigenvalue weighted by molar-refractivity contribution is 5.95. The fourth-order valence-electron chi connectivity index (χ4n) is 5.14. The number of likely N-dealkylation sites (N-methyl/N-ethyl adjacent to an activating group) is 1. The fraction of sp³-hybridized carbons (Fsp3) is 0.452. The summed E-state index contributed by atoms with van der Waals surface area (Å²) < 4.78 is 18.8. The molecule has 9 heteroatoms. The number of carbonyl (C=O) groups excluding carboxylic acids is 3. The van der Waals surface area contributed by atoms with Crippen LogP contribution in [0.25, 0.3) is 0 Å². The van der Waals surface area contributed by atoms with Gasteiger partial charge < -0.3 is 15.0 Å². The minimum atomic E-state index is -0.643. The normalized spacial score (nSPS) is 18.9. The molecule has 1 atom stereocenters. The SMILES string of the molecule is CCOC(=O)C1=C(CN2CCCN(C(=O)c3ccc(F)cc3)CC2)N(C)C(=O)N[C@H]1c1ccc(C(C)(C)C)cc1. The van der Waals surface area contributed by atoms with Crippen molar-refractivity contribution < 1.29 is 23.5 Å². The maximum absolute atomic E-state index is 13.3. The topological polar surface area (TPSA) is 82.2 Å². The molecule has 3 amide bonds. The molecule has 0 aliphatic carbocycles. The molecular formula is C31H39FN4O4. The molecule has 1 N–H and O–H groups in total. The first-order valence-corrected chi connectivity index (χ1v) is 13.8. The van der Waals surface area contributed by atoms with E-state index >= 15 is 0 Å². The lowest BCUT2D eigenvalue weighted by Crippen LogP contribution is -2.49. The Bertz CT molecular complexity index is 1270. The number of halogens is 1. The van der Waals surface area contributed by atoms with E-state index in [2.05, 4.69) is 31.0 Å². The van der Waals surface area contributed by atoms with Gasteiger partial charge in [-0.05, 0) is 54.2 Å². The fourth-order valence-corrected chi connectivity index (χ4v) is 5.14. The van der Waals surface area contributed by atoms with Crippen LogP contribution >= 0.6 is 0 Å². The molecule has 1 saturated heterocycles. The summed E-state index contributed by atoms with van der Waals surface area (Å²) in [5, 5.41) is 2.98. The van der Waals surface area contributed by atoms with Gasteiger partial charge in [0.25, 0.3) is 5.91 Å². The van der Waals surface area contributed by atoms with E-state index < -0.39 is 12.0 Å². The van der Waals surface area contributed by atoms with E-state index in [1.54, 1.807) is 18.9 Å². The Morgan fingerprint density at radius 1 is 1.00 bits per heavy atom. The van der Waals surface area contributed by atoms with Crippen molar-refractivity contribution in [2.75, 3.05) is 46.4 Å². The number of benzene rings is 2. The molecule has 2 heterocycles. The van der Waals surface area contributed by atoms with Gasteiger partial charge in [-0.3, -0.25) is 14.6 Å². The maximum Gasteiger partial charge on any atom is 0.338 e. The largest absolute Gasteiger partial charge is 0.463 e. The third kappa shape index (κ3) is 6.53. The van der Waals surface area contributed by atoms with Crippen LogP contribution in [0.2, 0.25) is 0 Å². The van der Waals surface area contributed by atoms with Gasteiger partial charge in [-0.25, -0.2) is 14.0 Å². The van der Waals surface area contributed by atoms with Crippen molar-refractivity contribution in [3.63, 3.8) is 0 Å². The van der Waals surface area contributed by atoms with E-state index in [-0.39, 0.29) is 29.8 Å². The number of hydrogen-bond donors (Lipinski definition) is 1. The molecule has 0 spiro atoms. The van der Waals surface area contributed by atoms with Crippen LogP contribution in [0.15, 0.2) is 59.8 Å². The van der Waals surface area contributed by atoms with Gasteiger partial charge in [0.05, 0.1) is 18.2 Å². The summed E-state index contributed by atoms with van der Waals surface area (Å²) in [7, 11) is 1.66. The van der Waals surface area contributed by atoms with Gasteiger partial charge >= 0.3 is 12.0 Å². The molecule has 4 rings (SSSR count). The van der Waals surface area contributed by atoms with Crippen LogP contribution in [0.5, 0.6) is 0 Å². The molecule has 0 bridgehead atoms. The average Bonchev–Trinajstić information content (AvgIpc) is 3.16. The summed E-state index contributed by atoms with van der Waals surface area (Å²) >= 11 is 0. The van der Waals surface area contributed by atoms with Crippen LogP contribution in [0, 0.1) is 5.82 Å². The first-order valence-electron chi connectivity index (χ1n) is 13.8. The molecular weight excluding hydrogens is 511 g/mol. The molecule has 0 radical (unpaired) electrons. The third-order valence-corrected chi connectivity index (χ3v) is 7.52. The van der Waals surface area contributed by atoms with E-state index in [0.717, 1.165) is 17.5 Å². The van der Waals surface area contributed by atoms with Gasteiger partial charge in [-0.15, -0.1) is 0 Å². The highest BCUT2D eigenvalue weighted by Gasteiger charge is 2.37. The molecule has 2 aliphatic heterocycles. The Balaban J connectivity index is 1.60. The molecule has 0 saturated carbocycles. The monoisotopic (exact) mass is 550 g/mol. The smallest absolute Gasteiger partial charge is 0.338 e. The van der Waals surface area contributed by atoms with Gasteiger partial charge in [0.2, 0.25) is 0 Å². The van der Waals surface area contributed by atoms with E-state index in [1.807, 2.05) is 24.3 Å². The van der Waals surface area contributed by atoms with Crippen molar-refractivity contribution in [2.24, 2.45) is 0 Å². The molecule has 40 heavy (non-hydrogen) atoms. The Morgan fingerprint density at radius 3 is 2.30 bits per heavy atom. The average molecular weight is 551 g/mol. The predicted octanol–water partition coefficient (Wildman–Crippen LogP) is 4.48. The van der Waals surface area contributed by atoms with Crippen LogP contribution in [-0.4, -0.2) is 79.0 Å². The minimum absolute atomic E-state index is 0.0295. The van der Waals surface area contributed by atoms with E-state index in [9.17, 15) is 18.8 Å². The highest BCUT2D eigenvalue weighted by Crippen LogP contribution is 2.33. The van der Waals surface area contributed by atoms with Gasteiger partial charge in [0.1, 0.15) is 5.82 Å². The quantitative estimate of drug-likeness (QED) is 0.537. The lowest BCUT2D eigenvalue weighted by atomic mass is 9.85. The van der Waals surface area contributed by atoms with E-state index in [0.29, 0.717) is 49.6 Å². The summed E-state index contributed by atoms with van der Waals surface area (Å²) in [5.74, 6) is -0.980. The number of amides is 3. The molecule has 214 valence electrons. The van der Waals surface area contributed by atoms with Crippen molar-refractivity contribution in [2.45, 2.75) is 45.6 Å². The van der Waals surface area contributed by atoms with Crippen molar-refractivity contribution in [1.82, 2.24) is 20.0 Å². The van der Waals surface area contributed by atoms with Crippen molar-refractivity contribution in [1.29, 1.82) is 0 Å². The minimum Gasteiger partial charge on any atom is -0.463 e. The van der Waals surface area contributed by atoms with Crippen LogP contribution in [0.1, 0.15) is 61.6 Å². The number of carbonyl (C=O) groups is 3. The molecule has 0 unspecified atom stereocenters.